The molecule has 162 valence electrons. The lowest BCUT2D eigenvalue weighted by atomic mass is 10.0. The molecule has 1 aliphatic rings. The van der Waals surface area contributed by atoms with Crippen molar-refractivity contribution < 1.29 is 12.8 Å². The lowest BCUT2D eigenvalue weighted by Gasteiger charge is -2.39. The molecule has 1 aliphatic heterocycles. The molecular formula is C25H27FN2O2S. The van der Waals surface area contributed by atoms with Crippen LogP contribution in [-0.2, 0) is 16.6 Å². The van der Waals surface area contributed by atoms with E-state index in [0.717, 1.165) is 32.5 Å². The van der Waals surface area contributed by atoms with Gasteiger partial charge in [0.25, 0.3) is 10.0 Å². The zero-order valence-corrected chi connectivity index (χ0v) is 18.4. The molecule has 0 aliphatic carbocycles. The number of para-hydroxylation sites is 1. The van der Waals surface area contributed by atoms with Crippen molar-refractivity contribution in [2.75, 3.05) is 17.4 Å². The molecule has 0 radical (unpaired) electrons. The van der Waals surface area contributed by atoms with Gasteiger partial charge in [0, 0.05) is 25.7 Å². The second-order valence-corrected chi connectivity index (χ2v) is 9.90. The van der Waals surface area contributed by atoms with Crippen molar-refractivity contribution in [3.8, 4) is 0 Å². The van der Waals surface area contributed by atoms with E-state index in [2.05, 4.69) is 36.1 Å². The van der Waals surface area contributed by atoms with E-state index in [0.29, 0.717) is 5.69 Å². The minimum Gasteiger partial charge on any atom is -0.299 e. The molecule has 4 rings (SSSR count). The van der Waals surface area contributed by atoms with Gasteiger partial charge in [-0.1, -0.05) is 48.0 Å². The fourth-order valence-corrected chi connectivity index (χ4v) is 5.93. The van der Waals surface area contributed by atoms with E-state index in [4.69, 9.17) is 0 Å². The maximum Gasteiger partial charge on any atom is 0.264 e. The van der Waals surface area contributed by atoms with Crippen LogP contribution in [0.25, 0.3) is 0 Å². The summed E-state index contributed by atoms with van der Waals surface area (Å²) in [5, 5.41) is 0. The first-order chi connectivity index (χ1) is 14.9. The highest BCUT2D eigenvalue weighted by Crippen LogP contribution is 2.30. The zero-order valence-electron chi connectivity index (χ0n) is 17.6. The van der Waals surface area contributed by atoms with Crippen molar-refractivity contribution >= 4 is 15.7 Å². The Balaban J connectivity index is 1.55. The van der Waals surface area contributed by atoms with Crippen LogP contribution in [-0.4, -0.2) is 32.4 Å². The van der Waals surface area contributed by atoms with E-state index >= 15 is 0 Å². The third-order valence-electron chi connectivity index (χ3n) is 5.76. The van der Waals surface area contributed by atoms with Crippen molar-refractivity contribution in [2.24, 2.45) is 0 Å². The Hall–Kier alpha value is -2.70. The highest BCUT2D eigenvalue weighted by Gasteiger charge is 2.34. The van der Waals surface area contributed by atoms with Gasteiger partial charge in [-0.25, -0.2) is 12.8 Å². The van der Waals surface area contributed by atoms with Gasteiger partial charge in [0.2, 0.25) is 0 Å². The van der Waals surface area contributed by atoms with E-state index in [1.165, 1.54) is 39.7 Å². The number of aryl methyl sites for hydroxylation is 1. The van der Waals surface area contributed by atoms with Crippen LogP contribution in [0.5, 0.6) is 0 Å². The Labute approximate surface area is 184 Å². The maximum atomic E-state index is 13.5. The van der Waals surface area contributed by atoms with Crippen LogP contribution in [0.2, 0.25) is 0 Å². The number of halogens is 1. The summed E-state index contributed by atoms with van der Waals surface area (Å²) in [4.78, 5) is 2.49. The quantitative estimate of drug-likeness (QED) is 0.544. The van der Waals surface area contributed by atoms with Gasteiger partial charge < -0.3 is 0 Å². The number of hydrogen-bond donors (Lipinski definition) is 0. The van der Waals surface area contributed by atoms with E-state index in [-0.39, 0.29) is 10.9 Å². The van der Waals surface area contributed by atoms with Crippen LogP contribution in [0.1, 0.15) is 24.0 Å². The lowest BCUT2D eigenvalue weighted by Crippen LogP contribution is -2.47. The number of anilines is 1. The number of piperidine rings is 1. The highest BCUT2D eigenvalue weighted by atomic mass is 32.2. The number of sulfonamides is 1. The van der Waals surface area contributed by atoms with Gasteiger partial charge in [0.05, 0.1) is 10.6 Å². The monoisotopic (exact) mass is 438 g/mol. The molecule has 0 aromatic heterocycles. The minimum atomic E-state index is -3.80. The number of likely N-dealkylation sites (tertiary alicyclic amines) is 1. The summed E-state index contributed by atoms with van der Waals surface area (Å²) in [5.41, 5.74) is 3.16. The van der Waals surface area contributed by atoms with Crippen molar-refractivity contribution in [3.05, 3.63) is 95.8 Å². The largest absolute Gasteiger partial charge is 0.299 e. The van der Waals surface area contributed by atoms with Crippen molar-refractivity contribution in [1.82, 2.24) is 4.90 Å². The smallest absolute Gasteiger partial charge is 0.264 e. The fraction of sp³-hybridized carbons (Fsp3) is 0.280. The first kappa shape index (κ1) is 21.5. The summed E-state index contributed by atoms with van der Waals surface area (Å²) in [6, 6.07) is 22.6. The summed E-state index contributed by atoms with van der Waals surface area (Å²) in [6.07, 6.45) is 1.47. The van der Waals surface area contributed by atoms with Crippen molar-refractivity contribution in [1.29, 1.82) is 0 Å². The molecule has 0 atom stereocenters. The van der Waals surface area contributed by atoms with Gasteiger partial charge in [-0.2, -0.15) is 0 Å². The molecular weight excluding hydrogens is 411 g/mol. The molecule has 1 saturated heterocycles. The number of benzene rings is 3. The molecule has 3 aromatic carbocycles. The SMILES string of the molecule is Cc1cccc(CN2CCC(N(c3ccccc3)S(=O)(=O)c3ccc(F)cc3)CC2)c1. The van der Waals surface area contributed by atoms with Crippen LogP contribution in [0.4, 0.5) is 10.1 Å². The van der Waals surface area contributed by atoms with Gasteiger partial charge in [-0.15, -0.1) is 0 Å². The molecule has 0 bridgehead atoms. The summed E-state index contributed by atoms with van der Waals surface area (Å²) in [6.45, 7) is 4.60. The topological polar surface area (TPSA) is 40.6 Å². The Bertz CT molecular complexity index is 1110. The Morgan fingerprint density at radius 2 is 1.61 bits per heavy atom. The first-order valence-electron chi connectivity index (χ1n) is 10.6. The Morgan fingerprint density at radius 1 is 0.935 bits per heavy atom. The van der Waals surface area contributed by atoms with E-state index in [1.807, 2.05) is 30.3 Å². The zero-order chi connectivity index (χ0) is 21.8. The van der Waals surface area contributed by atoms with E-state index < -0.39 is 15.8 Å². The van der Waals surface area contributed by atoms with Gasteiger partial charge in [-0.05, 0) is 61.7 Å². The van der Waals surface area contributed by atoms with Crippen molar-refractivity contribution in [3.63, 3.8) is 0 Å². The minimum absolute atomic E-state index is 0.111. The second-order valence-electron chi connectivity index (χ2n) is 8.09. The van der Waals surface area contributed by atoms with E-state index in [9.17, 15) is 12.8 Å². The van der Waals surface area contributed by atoms with E-state index in [1.54, 1.807) is 0 Å². The molecule has 1 fully saturated rings. The van der Waals surface area contributed by atoms with Gasteiger partial charge in [0.1, 0.15) is 5.82 Å². The molecule has 0 saturated carbocycles. The predicted octanol–water partition coefficient (Wildman–Crippen LogP) is 4.99. The Kier molecular flexibility index (Phi) is 6.39. The number of hydrogen-bond acceptors (Lipinski definition) is 3. The molecule has 0 spiro atoms. The third-order valence-corrected chi connectivity index (χ3v) is 7.65. The molecule has 31 heavy (non-hydrogen) atoms. The van der Waals surface area contributed by atoms with Crippen molar-refractivity contribution in [2.45, 2.75) is 37.2 Å². The average molecular weight is 439 g/mol. The number of nitrogens with zero attached hydrogens (tertiary/aromatic N) is 2. The van der Waals surface area contributed by atoms with Gasteiger partial charge in [0.15, 0.2) is 0 Å². The third kappa shape index (κ3) is 4.97. The summed E-state index contributed by atoms with van der Waals surface area (Å²) in [7, 11) is -3.80. The molecule has 0 unspecified atom stereocenters. The standard InChI is InChI=1S/C25H27FN2O2S/c1-20-6-5-7-21(18-20)19-27-16-14-24(15-17-27)28(23-8-3-2-4-9-23)31(29,30)25-12-10-22(26)11-13-25/h2-13,18,24H,14-17,19H2,1H3. The van der Waals surface area contributed by atoms with Gasteiger partial charge in [-0.3, -0.25) is 9.21 Å². The molecule has 4 nitrogen and oxygen atoms in total. The Morgan fingerprint density at radius 3 is 2.26 bits per heavy atom. The van der Waals surface area contributed by atoms with Gasteiger partial charge >= 0.3 is 0 Å². The summed E-state index contributed by atoms with van der Waals surface area (Å²) < 4.78 is 42.0. The highest BCUT2D eigenvalue weighted by molar-refractivity contribution is 7.92. The first-order valence-corrected chi connectivity index (χ1v) is 12.0. The van der Waals surface area contributed by atoms with Crippen LogP contribution in [0, 0.1) is 12.7 Å². The van der Waals surface area contributed by atoms with Crippen LogP contribution in [0.3, 0.4) is 0 Å². The summed E-state index contributed by atoms with van der Waals surface area (Å²) in [5.74, 6) is -0.449. The van der Waals surface area contributed by atoms with Crippen LogP contribution in [0.15, 0.2) is 83.8 Å². The van der Waals surface area contributed by atoms with Crippen LogP contribution < -0.4 is 4.31 Å². The van der Waals surface area contributed by atoms with Crippen LogP contribution >= 0.6 is 0 Å². The predicted molar refractivity (Wildman–Crippen MR) is 122 cm³/mol. The normalized spacial score (nSPS) is 15.7. The average Bonchev–Trinajstić information content (AvgIpc) is 2.76. The second kappa shape index (κ2) is 9.20. The lowest BCUT2D eigenvalue weighted by molar-refractivity contribution is 0.206. The molecule has 1 heterocycles. The fourth-order valence-electron chi connectivity index (χ4n) is 4.22. The maximum absolute atomic E-state index is 13.5. The summed E-state index contributed by atoms with van der Waals surface area (Å²) >= 11 is 0. The molecule has 6 heteroatoms. The molecule has 0 N–H and O–H groups in total. The molecule has 3 aromatic rings. The molecule has 0 amide bonds. The number of rotatable bonds is 6.